The summed E-state index contributed by atoms with van der Waals surface area (Å²) in [5, 5.41) is 108. The van der Waals surface area contributed by atoms with Crippen molar-refractivity contribution >= 4 is 0 Å². The lowest BCUT2D eigenvalue weighted by molar-refractivity contribution is -0.300. The van der Waals surface area contributed by atoms with Crippen LogP contribution in [0.25, 0.3) is 0 Å². The molecule has 21 atom stereocenters. The number of rotatable bonds is 9. The third-order valence-electron chi connectivity index (χ3n) is 14.1. The number of aliphatic hydroxyl groups excluding tert-OH is 9. The van der Waals surface area contributed by atoms with Gasteiger partial charge in [0.2, 0.25) is 0 Å². The smallest absolute Gasteiger partial charge is 0.186 e. The predicted molar refractivity (Wildman–Crippen MR) is 179 cm³/mol. The third-order valence-corrected chi connectivity index (χ3v) is 14.1. The van der Waals surface area contributed by atoms with Crippen molar-refractivity contribution < 1.29 is 70.0 Å². The quantitative estimate of drug-likeness (QED) is 0.103. The molecule has 4 saturated carbocycles. The molecule has 6 fully saturated rings. The van der Waals surface area contributed by atoms with Crippen LogP contribution in [0.2, 0.25) is 0 Å². The highest BCUT2D eigenvalue weighted by molar-refractivity contribution is 5.22. The topological polar surface area (TPSA) is 239 Å². The van der Waals surface area contributed by atoms with E-state index in [1.54, 1.807) is 0 Å². The molecule has 0 aromatic carbocycles. The monoisotopic (exact) mass is 730 g/mol. The lowest BCUT2D eigenvalue weighted by Gasteiger charge is -2.66. The molecular formula is C37H62O14. The second kappa shape index (κ2) is 15.0. The van der Waals surface area contributed by atoms with E-state index in [1.807, 2.05) is 26.0 Å². The molecule has 0 bridgehead atoms. The van der Waals surface area contributed by atoms with Crippen LogP contribution in [-0.2, 0) is 18.9 Å². The van der Waals surface area contributed by atoms with Crippen LogP contribution in [0.4, 0.5) is 0 Å². The van der Waals surface area contributed by atoms with E-state index in [-0.39, 0.29) is 61.9 Å². The maximum absolute atomic E-state index is 12.7. The highest BCUT2D eigenvalue weighted by Gasteiger charge is 2.72. The summed E-state index contributed by atoms with van der Waals surface area (Å²) in [6.45, 7) is 8.12. The van der Waals surface area contributed by atoms with E-state index in [0.29, 0.717) is 38.5 Å². The molecule has 4 aliphatic carbocycles. The maximum atomic E-state index is 12.7. The number of ether oxygens (including phenoxy) is 4. The summed E-state index contributed by atoms with van der Waals surface area (Å²) in [6, 6.07) is 0. The van der Waals surface area contributed by atoms with Crippen LogP contribution in [0.3, 0.4) is 0 Å². The first kappa shape index (κ1) is 39.9. The molecule has 0 aromatic rings. The Hall–Kier alpha value is -0.820. The largest absolute Gasteiger partial charge is 0.393 e. The van der Waals surface area contributed by atoms with Crippen LogP contribution in [0, 0.1) is 46.3 Å². The Kier molecular flexibility index (Phi) is 11.7. The number of hydrogen-bond acceptors (Lipinski definition) is 14. The molecule has 2 heterocycles. The van der Waals surface area contributed by atoms with Gasteiger partial charge < -0.3 is 70.0 Å². The number of allylic oxidation sites excluding steroid dienone is 2. The fourth-order valence-electron chi connectivity index (χ4n) is 11.5. The SMILES string of the molecule is C[C@@H](C/C=C/[C@@H](C)[C@H]1[C@@H](O)[C@@H](O)[C@@H]2[C@]1(C)CC[C@@H]1[C@@]3(C)CC[C@H](O[C@@H]4OC[C@@H](O)[C@H](O)[C@H]4O)C[C@@H]3[C@@H](O)C[C@]12O)CO[C@@H]1OC[C@@H](O)[C@H](O)[C@H]1O. The Morgan fingerprint density at radius 2 is 1.35 bits per heavy atom. The highest BCUT2D eigenvalue weighted by Crippen LogP contribution is 2.69. The van der Waals surface area contributed by atoms with Gasteiger partial charge in [0.25, 0.3) is 0 Å². The first-order valence-electron chi connectivity index (χ1n) is 19.0. The molecule has 51 heavy (non-hydrogen) atoms. The summed E-state index contributed by atoms with van der Waals surface area (Å²) in [7, 11) is 0. The zero-order valence-corrected chi connectivity index (χ0v) is 30.2. The van der Waals surface area contributed by atoms with Crippen molar-refractivity contribution in [1.82, 2.24) is 0 Å². The van der Waals surface area contributed by atoms with E-state index >= 15 is 0 Å². The molecule has 294 valence electrons. The van der Waals surface area contributed by atoms with Crippen LogP contribution in [0.1, 0.15) is 72.6 Å². The molecule has 0 spiro atoms. The summed E-state index contributed by atoms with van der Waals surface area (Å²) in [5.41, 5.74) is -2.49. The molecule has 14 heteroatoms. The van der Waals surface area contributed by atoms with Gasteiger partial charge in [-0.15, -0.1) is 0 Å². The van der Waals surface area contributed by atoms with Crippen molar-refractivity contribution in [2.45, 2.75) is 152 Å². The number of hydrogen-bond donors (Lipinski definition) is 10. The van der Waals surface area contributed by atoms with Gasteiger partial charge in [-0.25, -0.2) is 0 Å². The van der Waals surface area contributed by atoms with Crippen molar-refractivity contribution in [1.29, 1.82) is 0 Å². The van der Waals surface area contributed by atoms with E-state index in [4.69, 9.17) is 18.9 Å². The van der Waals surface area contributed by atoms with E-state index in [0.717, 1.165) is 0 Å². The van der Waals surface area contributed by atoms with E-state index in [1.165, 1.54) is 0 Å². The van der Waals surface area contributed by atoms with Crippen molar-refractivity contribution in [2.75, 3.05) is 19.8 Å². The lowest BCUT2D eigenvalue weighted by atomic mass is 9.42. The predicted octanol–water partition coefficient (Wildman–Crippen LogP) is -0.829. The van der Waals surface area contributed by atoms with Crippen molar-refractivity contribution in [3.05, 3.63) is 12.2 Å². The van der Waals surface area contributed by atoms with Crippen LogP contribution >= 0.6 is 0 Å². The molecule has 2 saturated heterocycles. The Morgan fingerprint density at radius 1 is 0.745 bits per heavy atom. The summed E-state index contributed by atoms with van der Waals surface area (Å²) in [4.78, 5) is 0. The fourth-order valence-corrected chi connectivity index (χ4v) is 11.5. The van der Waals surface area contributed by atoms with Gasteiger partial charge in [0, 0.05) is 12.3 Å². The average molecular weight is 731 g/mol. The van der Waals surface area contributed by atoms with Gasteiger partial charge in [-0.05, 0) is 78.9 Å². The van der Waals surface area contributed by atoms with Crippen molar-refractivity contribution in [2.24, 2.45) is 46.3 Å². The minimum absolute atomic E-state index is 0.0319. The molecule has 14 nitrogen and oxygen atoms in total. The molecule has 6 rings (SSSR count). The Balaban J connectivity index is 1.10. The maximum Gasteiger partial charge on any atom is 0.186 e. The van der Waals surface area contributed by atoms with E-state index in [9.17, 15) is 51.1 Å². The summed E-state index contributed by atoms with van der Waals surface area (Å²) >= 11 is 0. The van der Waals surface area contributed by atoms with Gasteiger partial charge in [0.15, 0.2) is 12.6 Å². The number of aliphatic hydroxyl groups is 10. The number of fused-ring (bicyclic) bond motifs is 5. The average Bonchev–Trinajstić information content (AvgIpc) is 3.28. The fraction of sp³-hybridized carbons (Fsp3) is 0.946. The van der Waals surface area contributed by atoms with Gasteiger partial charge in [-0.1, -0.05) is 39.8 Å². The summed E-state index contributed by atoms with van der Waals surface area (Å²) in [5.74, 6) is -1.55. The van der Waals surface area contributed by atoms with E-state index in [2.05, 4.69) is 13.8 Å². The molecule has 0 unspecified atom stereocenters. The van der Waals surface area contributed by atoms with Gasteiger partial charge in [0.05, 0.1) is 49.8 Å². The Bertz CT molecular complexity index is 1220. The summed E-state index contributed by atoms with van der Waals surface area (Å²) < 4.78 is 22.6. The first-order valence-corrected chi connectivity index (χ1v) is 19.0. The molecular weight excluding hydrogens is 668 g/mol. The zero-order chi connectivity index (χ0) is 37.2. The third kappa shape index (κ3) is 6.99. The lowest BCUT2D eigenvalue weighted by Crippen LogP contribution is -2.69. The highest BCUT2D eigenvalue weighted by atomic mass is 16.7. The zero-order valence-electron chi connectivity index (χ0n) is 30.2. The van der Waals surface area contributed by atoms with Crippen LogP contribution < -0.4 is 0 Å². The van der Waals surface area contributed by atoms with Gasteiger partial charge in [-0.2, -0.15) is 0 Å². The molecule has 2 aliphatic heterocycles. The molecule has 0 aromatic heterocycles. The Morgan fingerprint density at radius 3 is 2.02 bits per heavy atom. The van der Waals surface area contributed by atoms with Crippen LogP contribution in [-0.4, -0.2) is 150 Å². The van der Waals surface area contributed by atoms with Gasteiger partial charge in [0.1, 0.15) is 36.6 Å². The van der Waals surface area contributed by atoms with Gasteiger partial charge >= 0.3 is 0 Å². The molecule has 0 amide bonds. The molecule has 6 aliphatic rings. The molecule has 0 radical (unpaired) electrons. The minimum atomic E-state index is -1.41. The van der Waals surface area contributed by atoms with Crippen LogP contribution in [0.5, 0.6) is 0 Å². The van der Waals surface area contributed by atoms with E-state index < -0.39 is 89.9 Å². The van der Waals surface area contributed by atoms with Gasteiger partial charge in [-0.3, -0.25) is 0 Å². The van der Waals surface area contributed by atoms with Crippen molar-refractivity contribution in [3.8, 4) is 0 Å². The second-order valence-electron chi connectivity index (χ2n) is 17.5. The normalized spacial score (nSPS) is 54.4. The summed E-state index contributed by atoms with van der Waals surface area (Å²) in [6.07, 6.45) is -5.69. The van der Waals surface area contributed by atoms with Crippen molar-refractivity contribution in [3.63, 3.8) is 0 Å². The standard InChI is InChI=1S/C37H62O14/c1-17(14-48-33-30(45)26(41)22(39)15-49-33)6-5-7-18(2)25-28(43)29(44)32-36(25,4)11-9-24-35(3)10-8-19(12-20(35)21(38)13-37(24,32)47)51-34-31(46)27(42)23(40)16-50-34/h5,7,17-34,38-47H,6,8-16H2,1-4H3/b7-5+/t17-,18+,19-,20+,21-,22+,23+,24+,25-,26-,27-,28+,29+,30+,31+,32+,33+,34-,35-,36+,37-/m0/s1. The first-order chi connectivity index (χ1) is 23.9. The van der Waals surface area contributed by atoms with Crippen LogP contribution in [0.15, 0.2) is 12.2 Å². The molecule has 10 N–H and O–H groups in total. The minimum Gasteiger partial charge on any atom is -0.393 e. The second-order valence-corrected chi connectivity index (χ2v) is 17.5. The Labute approximate surface area is 300 Å².